The Balaban J connectivity index is 1.58. The Kier molecular flexibility index (Phi) is 3.45. The third-order valence-electron chi connectivity index (χ3n) is 5.08. The van der Waals surface area contributed by atoms with Gasteiger partial charge in [-0.2, -0.15) is 0 Å². The maximum absolute atomic E-state index is 4.45. The van der Waals surface area contributed by atoms with Crippen LogP contribution < -0.4 is 4.90 Å². The number of hydrogen-bond acceptors (Lipinski definition) is 4. The molecule has 5 nitrogen and oxygen atoms in total. The number of pyridine rings is 1. The number of rotatable bonds is 2. The van der Waals surface area contributed by atoms with E-state index in [0.717, 1.165) is 35.2 Å². The van der Waals surface area contributed by atoms with Crippen LogP contribution in [0.25, 0.3) is 27.8 Å². The fourth-order valence-corrected chi connectivity index (χ4v) is 3.73. The van der Waals surface area contributed by atoms with E-state index in [2.05, 4.69) is 51.5 Å². The second-order valence-corrected chi connectivity index (χ2v) is 6.79. The van der Waals surface area contributed by atoms with Gasteiger partial charge in [0.05, 0.1) is 17.4 Å². The normalized spacial score (nSPS) is 13.8. The average molecular weight is 341 g/mol. The zero-order valence-electron chi connectivity index (χ0n) is 14.6. The molecule has 0 amide bonds. The van der Waals surface area contributed by atoms with E-state index in [-0.39, 0.29) is 0 Å². The molecule has 4 aromatic rings. The summed E-state index contributed by atoms with van der Waals surface area (Å²) in [5, 5.41) is 8.54. The Morgan fingerprint density at radius 2 is 1.88 bits per heavy atom. The van der Waals surface area contributed by atoms with E-state index in [1.54, 1.807) is 0 Å². The van der Waals surface area contributed by atoms with E-state index in [9.17, 15) is 0 Å². The highest BCUT2D eigenvalue weighted by Gasteiger charge is 2.15. The van der Waals surface area contributed by atoms with Crippen LogP contribution >= 0.6 is 0 Å². The SMILES string of the molecule is CN1CCCc2cc(-c3cncc(-n4nnc5ccccc54)c3)ccc21. The fraction of sp³-hybridized carbons (Fsp3) is 0.190. The van der Waals surface area contributed by atoms with Gasteiger partial charge in [0.2, 0.25) is 0 Å². The molecule has 26 heavy (non-hydrogen) atoms. The smallest absolute Gasteiger partial charge is 0.113 e. The highest BCUT2D eigenvalue weighted by atomic mass is 15.4. The minimum Gasteiger partial charge on any atom is -0.374 e. The van der Waals surface area contributed by atoms with Crippen LogP contribution in [0.3, 0.4) is 0 Å². The van der Waals surface area contributed by atoms with E-state index in [0.29, 0.717) is 0 Å². The molecule has 1 aliphatic heterocycles. The third kappa shape index (κ3) is 2.44. The summed E-state index contributed by atoms with van der Waals surface area (Å²) in [6.07, 6.45) is 6.08. The number of anilines is 1. The molecule has 0 saturated heterocycles. The van der Waals surface area contributed by atoms with Crippen LogP contribution in [0.4, 0.5) is 5.69 Å². The molecule has 0 aliphatic carbocycles. The number of benzene rings is 2. The minimum atomic E-state index is 0.884. The first-order valence-electron chi connectivity index (χ1n) is 8.90. The molecule has 5 rings (SSSR count). The molecule has 0 saturated carbocycles. The van der Waals surface area contributed by atoms with Gasteiger partial charge in [-0.1, -0.05) is 23.4 Å². The monoisotopic (exact) mass is 341 g/mol. The van der Waals surface area contributed by atoms with Crippen molar-refractivity contribution in [2.24, 2.45) is 0 Å². The molecule has 1 aliphatic rings. The van der Waals surface area contributed by atoms with Crippen molar-refractivity contribution in [2.45, 2.75) is 12.8 Å². The number of aromatic nitrogens is 4. The molecule has 0 unspecified atom stereocenters. The average Bonchev–Trinajstić information content (AvgIpc) is 3.12. The molecular weight excluding hydrogens is 322 g/mol. The van der Waals surface area contributed by atoms with Crippen LogP contribution in [-0.2, 0) is 6.42 Å². The molecule has 3 heterocycles. The largest absolute Gasteiger partial charge is 0.374 e. The van der Waals surface area contributed by atoms with Crippen LogP contribution in [0, 0.1) is 0 Å². The van der Waals surface area contributed by atoms with Gasteiger partial charge in [0.25, 0.3) is 0 Å². The van der Waals surface area contributed by atoms with E-state index < -0.39 is 0 Å². The summed E-state index contributed by atoms with van der Waals surface area (Å²) < 4.78 is 1.85. The molecular formula is C21H19N5. The Morgan fingerprint density at radius 1 is 0.962 bits per heavy atom. The number of aryl methyl sites for hydroxylation is 1. The lowest BCUT2D eigenvalue weighted by Gasteiger charge is -2.27. The Bertz CT molecular complexity index is 1100. The van der Waals surface area contributed by atoms with Gasteiger partial charge < -0.3 is 4.90 Å². The molecule has 0 atom stereocenters. The third-order valence-corrected chi connectivity index (χ3v) is 5.08. The first-order chi connectivity index (χ1) is 12.8. The van der Waals surface area contributed by atoms with Crippen molar-refractivity contribution >= 4 is 16.7 Å². The predicted molar refractivity (Wildman–Crippen MR) is 104 cm³/mol. The van der Waals surface area contributed by atoms with Crippen LogP contribution in [0.15, 0.2) is 60.9 Å². The number of para-hydroxylation sites is 1. The maximum atomic E-state index is 4.45. The second kappa shape index (κ2) is 5.95. The molecule has 5 heteroatoms. The minimum absolute atomic E-state index is 0.884. The van der Waals surface area contributed by atoms with Crippen molar-refractivity contribution in [3.63, 3.8) is 0 Å². The highest BCUT2D eigenvalue weighted by molar-refractivity contribution is 5.77. The summed E-state index contributed by atoms with van der Waals surface area (Å²) in [4.78, 5) is 6.78. The second-order valence-electron chi connectivity index (χ2n) is 6.79. The van der Waals surface area contributed by atoms with Gasteiger partial charge in [0.15, 0.2) is 0 Å². The molecule has 0 spiro atoms. The van der Waals surface area contributed by atoms with Crippen molar-refractivity contribution in [1.29, 1.82) is 0 Å². The van der Waals surface area contributed by atoms with E-state index >= 15 is 0 Å². The lowest BCUT2D eigenvalue weighted by Crippen LogP contribution is -2.24. The summed E-state index contributed by atoms with van der Waals surface area (Å²) in [5.41, 5.74) is 7.83. The molecule has 0 N–H and O–H groups in total. The van der Waals surface area contributed by atoms with E-state index in [4.69, 9.17) is 0 Å². The quantitative estimate of drug-likeness (QED) is 0.555. The summed E-state index contributed by atoms with van der Waals surface area (Å²) in [5.74, 6) is 0. The summed E-state index contributed by atoms with van der Waals surface area (Å²) in [6.45, 7) is 1.13. The molecule has 128 valence electrons. The summed E-state index contributed by atoms with van der Waals surface area (Å²) >= 11 is 0. The highest BCUT2D eigenvalue weighted by Crippen LogP contribution is 2.31. The molecule has 2 aromatic heterocycles. The van der Waals surface area contributed by atoms with Gasteiger partial charge in [0.1, 0.15) is 5.52 Å². The topological polar surface area (TPSA) is 46.8 Å². The summed E-state index contributed by atoms with van der Waals surface area (Å²) in [6, 6.07) is 16.8. The van der Waals surface area contributed by atoms with Gasteiger partial charge in [-0.15, -0.1) is 5.10 Å². The van der Waals surface area contributed by atoms with Crippen molar-refractivity contribution < 1.29 is 0 Å². The summed E-state index contributed by atoms with van der Waals surface area (Å²) in [7, 11) is 2.16. The number of fused-ring (bicyclic) bond motifs is 2. The standard InChI is InChI=1S/C21H19N5/c1-25-10-4-5-16-11-15(8-9-20(16)25)17-12-18(14-22-13-17)26-21-7-3-2-6-19(21)23-24-26/h2-3,6-9,11-14H,4-5,10H2,1H3. The molecule has 0 bridgehead atoms. The fourth-order valence-electron chi connectivity index (χ4n) is 3.73. The van der Waals surface area contributed by atoms with Gasteiger partial charge >= 0.3 is 0 Å². The zero-order chi connectivity index (χ0) is 17.5. The molecule has 0 fully saturated rings. The van der Waals surface area contributed by atoms with Crippen LogP contribution in [0.2, 0.25) is 0 Å². The van der Waals surface area contributed by atoms with Crippen LogP contribution in [0.5, 0.6) is 0 Å². The van der Waals surface area contributed by atoms with Gasteiger partial charge in [-0.3, -0.25) is 4.98 Å². The van der Waals surface area contributed by atoms with Crippen LogP contribution in [-0.4, -0.2) is 33.6 Å². The number of hydrogen-bond donors (Lipinski definition) is 0. The van der Waals surface area contributed by atoms with Crippen molar-refractivity contribution in [2.75, 3.05) is 18.5 Å². The Morgan fingerprint density at radius 3 is 2.85 bits per heavy atom. The zero-order valence-corrected chi connectivity index (χ0v) is 14.6. The first kappa shape index (κ1) is 15.1. The van der Waals surface area contributed by atoms with Crippen molar-refractivity contribution in [3.8, 4) is 16.8 Å². The van der Waals surface area contributed by atoms with Crippen molar-refractivity contribution in [1.82, 2.24) is 20.0 Å². The van der Waals surface area contributed by atoms with Gasteiger partial charge in [-0.25, -0.2) is 4.68 Å². The number of nitrogens with zero attached hydrogens (tertiary/aromatic N) is 5. The van der Waals surface area contributed by atoms with Gasteiger partial charge in [-0.05, 0) is 54.3 Å². The predicted octanol–water partition coefficient (Wildman–Crippen LogP) is 3.86. The van der Waals surface area contributed by atoms with E-state index in [1.165, 1.54) is 23.2 Å². The lowest BCUT2D eigenvalue weighted by molar-refractivity contribution is 0.745. The lowest BCUT2D eigenvalue weighted by atomic mass is 9.97. The van der Waals surface area contributed by atoms with Crippen LogP contribution in [0.1, 0.15) is 12.0 Å². The molecule has 0 radical (unpaired) electrons. The van der Waals surface area contributed by atoms with E-state index in [1.807, 2.05) is 41.3 Å². The Hall–Kier alpha value is -3.21. The first-order valence-corrected chi connectivity index (χ1v) is 8.90. The Labute approximate surface area is 151 Å². The van der Waals surface area contributed by atoms with Gasteiger partial charge in [0, 0.05) is 31.0 Å². The maximum Gasteiger partial charge on any atom is 0.113 e. The van der Waals surface area contributed by atoms with Crippen molar-refractivity contribution in [3.05, 3.63) is 66.5 Å². The molecule has 2 aromatic carbocycles.